The fraction of sp³-hybridized carbons (Fsp3) is 0.455. The van der Waals surface area contributed by atoms with Crippen LogP contribution in [-0.2, 0) is 6.67 Å². The molecule has 0 aromatic heterocycles. The van der Waals surface area contributed by atoms with Gasteiger partial charge in [0.2, 0.25) is 0 Å². The largest absolute Gasteiger partial charge is 0.507 e. The summed E-state index contributed by atoms with van der Waals surface area (Å²) >= 11 is 0. The second-order valence-corrected chi connectivity index (χ2v) is 3.73. The third kappa shape index (κ3) is 1.90. The first-order valence-electron chi connectivity index (χ1n) is 4.97. The third-order valence-electron chi connectivity index (χ3n) is 2.65. The zero-order valence-corrected chi connectivity index (χ0v) is 8.59. The molecule has 1 fully saturated rings. The van der Waals surface area contributed by atoms with E-state index >= 15 is 0 Å². The average molecular weight is 211 g/mol. The number of nitrogens with one attached hydrogen (secondary N) is 1. The van der Waals surface area contributed by atoms with Gasteiger partial charge in [0.1, 0.15) is 24.3 Å². The van der Waals surface area contributed by atoms with Crippen molar-refractivity contribution in [1.29, 1.82) is 0 Å². The molecule has 0 atom stereocenters. The second kappa shape index (κ2) is 4.06. The Morgan fingerprint density at radius 1 is 1.53 bits per heavy atom. The van der Waals surface area contributed by atoms with Gasteiger partial charge in [0, 0.05) is 24.2 Å². The minimum atomic E-state index is -0.655. The molecule has 0 saturated carbocycles. The summed E-state index contributed by atoms with van der Waals surface area (Å²) in [6, 6.07) is 3.27. The molecule has 0 unspecified atom stereocenters. The normalized spacial score (nSPS) is 16.1. The van der Waals surface area contributed by atoms with E-state index in [1.54, 1.807) is 19.1 Å². The van der Waals surface area contributed by atoms with Gasteiger partial charge in [0.15, 0.2) is 0 Å². The predicted molar refractivity (Wildman–Crippen MR) is 54.9 cm³/mol. The van der Waals surface area contributed by atoms with Crippen LogP contribution in [0.25, 0.3) is 0 Å². The summed E-state index contributed by atoms with van der Waals surface area (Å²) in [4.78, 5) is 0. The van der Waals surface area contributed by atoms with E-state index in [4.69, 9.17) is 4.74 Å². The molecule has 3 nitrogen and oxygen atoms in total. The highest BCUT2D eigenvalue weighted by Crippen LogP contribution is 2.31. The summed E-state index contributed by atoms with van der Waals surface area (Å²) in [6.45, 7) is 2.73. The lowest BCUT2D eigenvalue weighted by Gasteiger charge is -2.28. The van der Waals surface area contributed by atoms with Crippen LogP contribution >= 0.6 is 0 Å². The number of phenolic OH excluding ortho intramolecular Hbond substituents is 1. The van der Waals surface area contributed by atoms with Crippen molar-refractivity contribution >= 4 is 0 Å². The predicted octanol–water partition coefficient (Wildman–Crippen LogP) is 1.52. The van der Waals surface area contributed by atoms with Gasteiger partial charge in [-0.05, 0) is 19.1 Å². The van der Waals surface area contributed by atoms with E-state index in [1.165, 1.54) is 0 Å². The maximum absolute atomic E-state index is 12.4. The van der Waals surface area contributed by atoms with Crippen molar-refractivity contribution in [3.63, 3.8) is 0 Å². The van der Waals surface area contributed by atoms with Crippen LogP contribution in [0.4, 0.5) is 4.39 Å². The van der Waals surface area contributed by atoms with Crippen molar-refractivity contribution in [1.82, 2.24) is 5.32 Å². The van der Waals surface area contributed by atoms with Crippen LogP contribution in [-0.4, -0.2) is 24.3 Å². The van der Waals surface area contributed by atoms with Crippen LogP contribution in [0.5, 0.6) is 11.5 Å². The molecule has 1 heterocycles. The Balaban J connectivity index is 2.20. The molecule has 1 aliphatic rings. The Bertz CT molecular complexity index is 364. The number of hydrogen-bond donors (Lipinski definition) is 2. The van der Waals surface area contributed by atoms with E-state index in [2.05, 4.69) is 5.32 Å². The minimum Gasteiger partial charge on any atom is -0.507 e. The first-order valence-corrected chi connectivity index (χ1v) is 4.97. The lowest BCUT2D eigenvalue weighted by Crippen LogP contribution is -2.50. The molecule has 1 aromatic carbocycles. The third-order valence-corrected chi connectivity index (χ3v) is 2.65. The molecular formula is C11H14FNO2. The van der Waals surface area contributed by atoms with Gasteiger partial charge in [0.25, 0.3) is 0 Å². The number of ether oxygens (including phenoxy) is 1. The molecule has 15 heavy (non-hydrogen) atoms. The number of aromatic hydroxyl groups is 1. The number of alkyl halides is 1. The Kier molecular flexibility index (Phi) is 2.77. The van der Waals surface area contributed by atoms with E-state index < -0.39 is 6.67 Å². The number of hydrogen-bond acceptors (Lipinski definition) is 3. The molecule has 0 aliphatic carbocycles. The standard InChI is InChI=1S/C11H14FNO2/c1-7-10(15-9-5-13-6-9)3-2-8(4-12)11(7)14/h2-3,9,13-14H,4-6H2,1H3. The van der Waals surface area contributed by atoms with Crippen molar-refractivity contribution in [3.8, 4) is 11.5 Å². The van der Waals surface area contributed by atoms with Crippen LogP contribution in [0.1, 0.15) is 11.1 Å². The van der Waals surface area contributed by atoms with Crippen LogP contribution in [0, 0.1) is 6.92 Å². The Labute approximate surface area is 87.9 Å². The number of halogens is 1. The molecule has 2 rings (SSSR count). The maximum atomic E-state index is 12.4. The summed E-state index contributed by atoms with van der Waals surface area (Å²) in [7, 11) is 0. The zero-order chi connectivity index (χ0) is 10.8. The van der Waals surface area contributed by atoms with Gasteiger partial charge in [-0.1, -0.05) is 0 Å². The second-order valence-electron chi connectivity index (χ2n) is 3.73. The van der Waals surface area contributed by atoms with Crippen molar-refractivity contribution in [2.45, 2.75) is 19.7 Å². The molecule has 1 saturated heterocycles. The van der Waals surface area contributed by atoms with Crippen molar-refractivity contribution in [2.75, 3.05) is 13.1 Å². The van der Waals surface area contributed by atoms with E-state index in [-0.39, 0.29) is 11.9 Å². The summed E-state index contributed by atoms with van der Waals surface area (Å²) < 4.78 is 18.0. The van der Waals surface area contributed by atoms with Gasteiger partial charge in [-0.15, -0.1) is 0 Å². The lowest BCUT2D eigenvalue weighted by atomic mass is 10.1. The van der Waals surface area contributed by atoms with Crippen LogP contribution in [0.2, 0.25) is 0 Å². The lowest BCUT2D eigenvalue weighted by molar-refractivity contribution is 0.141. The molecule has 0 bridgehead atoms. The van der Waals surface area contributed by atoms with Crippen LogP contribution in [0.15, 0.2) is 12.1 Å². The molecule has 0 spiro atoms. The van der Waals surface area contributed by atoms with E-state index in [0.717, 1.165) is 13.1 Å². The van der Waals surface area contributed by atoms with Crippen molar-refractivity contribution in [3.05, 3.63) is 23.3 Å². The van der Waals surface area contributed by atoms with Crippen LogP contribution < -0.4 is 10.1 Å². The first kappa shape index (κ1) is 10.2. The Morgan fingerprint density at radius 2 is 2.27 bits per heavy atom. The highest BCUT2D eigenvalue weighted by Gasteiger charge is 2.20. The highest BCUT2D eigenvalue weighted by atomic mass is 19.1. The van der Waals surface area contributed by atoms with Gasteiger partial charge in [0.05, 0.1) is 0 Å². The van der Waals surface area contributed by atoms with Gasteiger partial charge >= 0.3 is 0 Å². The molecule has 2 N–H and O–H groups in total. The molecule has 1 aliphatic heterocycles. The van der Waals surface area contributed by atoms with Gasteiger partial charge < -0.3 is 15.2 Å². The summed E-state index contributed by atoms with van der Waals surface area (Å²) in [6.07, 6.45) is 0.166. The minimum absolute atomic E-state index is 0.00211. The molecular weight excluding hydrogens is 197 g/mol. The maximum Gasteiger partial charge on any atom is 0.128 e. The fourth-order valence-corrected chi connectivity index (χ4v) is 1.50. The van der Waals surface area contributed by atoms with Gasteiger partial charge in [-0.2, -0.15) is 0 Å². The molecule has 82 valence electrons. The van der Waals surface area contributed by atoms with E-state index in [0.29, 0.717) is 16.9 Å². The molecule has 0 amide bonds. The smallest absolute Gasteiger partial charge is 0.128 e. The topological polar surface area (TPSA) is 41.5 Å². The van der Waals surface area contributed by atoms with Crippen LogP contribution in [0.3, 0.4) is 0 Å². The summed E-state index contributed by atoms with van der Waals surface area (Å²) in [5.41, 5.74) is 0.920. The van der Waals surface area contributed by atoms with Crippen molar-refractivity contribution in [2.24, 2.45) is 0 Å². The molecule has 0 radical (unpaired) electrons. The Hall–Kier alpha value is -1.29. The molecule has 1 aromatic rings. The average Bonchev–Trinajstić information content (AvgIpc) is 2.18. The molecule has 4 heteroatoms. The zero-order valence-electron chi connectivity index (χ0n) is 8.59. The summed E-state index contributed by atoms with van der Waals surface area (Å²) in [5.74, 6) is 0.637. The van der Waals surface area contributed by atoms with E-state index in [1.807, 2.05) is 0 Å². The number of benzene rings is 1. The quantitative estimate of drug-likeness (QED) is 0.796. The SMILES string of the molecule is Cc1c(OC2CNC2)ccc(CF)c1O. The van der Waals surface area contributed by atoms with E-state index in [9.17, 15) is 9.50 Å². The summed E-state index contributed by atoms with van der Waals surface area (Å²) in [5, 5.41) is 12.7. The van der Waals surface area contributed by atoms with Gasteiger partial charge in [-0.3, -0.25) is 0 Å². The van der Waals surface area contributed by atoms with Gasteiger partial charge in [-0.25, -0.2) is 4.39 Å². The van der Waals surface area contributed by atoms with Crippen molar-refractivity contribution < 1.29 is 14.2 Å². The highest BCUT2D eigenvalue weighted by molar-refractivity contribution is 5.48. The monoisotopic (exact) mass is 211 g/mol. The fourth-order valence-electron chi connectivity index (χ4n) is 1.50. The number of rotatable bonds is 3. The number of phenols is 1. The first-order chi connectivity index (χ1) is 7.22. The Morgan fingerprint density at radius 3 is 2.80 bits per heavy atom.